The molecule has 1 aromatic heterocycles. The summed E-state index contributed by atoms with van der Waals surface area (Å²) in [5.41, 5.74) is 2.16. The predicted molar refractivity (Wildman–Crippen MR) is 140 cm³/mol. The number of alkyl halides is 3. The van der Waals surface area contributed by atoms with Crippen molar-refractivity contribution < 1.29 is 27.8 Å². The summed E-state index contributed by atoms with van der Waals surface area (Å²) in [5.74, 6) is -0.950. The highest BCUT2D eigenvalue weighted by Gasteiger charge is 2.49. The van der Waals surface area contributed by atoms with Crippen molar-refractivity contribution in [2.75, 3.05) is 0 Å². The summed E-state index contributed by atoms with van der Waals surface area (Å²) in [5, 5.41) is 10.5. The number of halogens is 3. The van der Waals surface area contributed by atoms with Gasteiger partial charge in [-0.1, -0.05) is 72.8 Å². The second-order valence-corrected chi connectivity index (χ2v) is 9.94. The summed E-state index contributed by atoms with van der Waals surface area (Å²) in [6.07, 6.45) is -6.13. The summed E-state index contributed by atoms with van der Waals surface area (Å²) in [6, 6.07) is 24.4. The van der Waals surface area contributed by atoms with Gasteiger partial charge < -0.3 is 9.84 Å². The lowest BCUT2D eigenvalue weighted by atomic mass is 9.84. The number of nitrogens with zero attached hydrogens (tertiary/aromatic N) is 2. The number of hydrogen-bond donors (Lipinski definition) is 1. The van der Waals surface area contributed by atoms with E-state index >= 15 is 0 Å². The Bertz CT molecular complexity index is 1360. The van der Waals surface area contributed by atoms with Crippen molar-refractivity contribution in [2.45, 2.75) is 36.6 Å². The van der Waals surface area contributed by atoms with Crippen molar-refractivity contribution >= 4 is 17.7 Å². The van der Waals surface area contributed by atoms with E-state index in [2.05, 4.69) is 9.97 Å². The maximum Gasteiger partial charge on any atom is 0.416 e. The topological polar surface area (TPSA) is 72.3 Å². The molecule has 0 aliphatic rings. The van der Waals surface area contributed by atoms with Crippen molar-refractivity contribution in [3.63, 3.8) is 0 Å². The molecule has 38 heavy (non-hydrogen) atoms. The third kappa shape index (κ3) is 5.99. The molecule has 0 radical (unpaired) electrons. The van der Waals surface area contributed by atoms with Crippen molar-refractivity contribution in [2.24, 2.45) is 0 Å². The molecule has 9 heteroatoms. The number of carboxylic acid groups (broad SMARTS) is 1. The Hall–Kier alpha value is -3.85. The minimum atomic E-state index is -4.54. The zero-order valence-corrected chi connectivity index (χ0v) is 21.5. The Morgan fingerprint density at radius 1 is 0.842 bits per heavy atom. The first kappa shape index (κ1) is 27.2. The molecule has 3 aromatic carbocycles. The molecule has 0 saturated heterocycles. The molecule has 4 aromatic rings. The van der Waals surface area contributed by atoms with E-state index in [0.29, 0.717) is 28.3 Å². The van der Waals surface area contributed by atoms with Crippen LogP contribution in [0, 0.1) is 13.8 Å². The predicted octanol–water partition coefficient (Wildman–Crippen LogP) is 6.82. The summed E-state index contributed by atoms with van der Waals surface area (Å²) in [7, 11) is 0. The van der Waals surface area contributed by atoms with E-state index in [1.807, 2.05) is 30.3 Å². The summed E-state index contributed by atoms with van der Waals surface area (Å²) >= 11 is 1.26. The first-order chi connectivity index (χ1) is 18.1. The van der Waals surface area contributed by atoms with Gasteiger partial charge in [0.1, 0.15) is 4.75 Å². The minimum Gasteiger partial charge on any atom is -0.478 e. The van der Waals surface area contributed by atoms with Crippen LogP contribution >= 0.6 is 11.8 Å². The lowest BCUT2D eigenvalue weighted by molar-refractivity contribution is -0.146. The average Bonchev–Trinajstić information content (AvgIpc) is 2.88. The number of rotatable bonds is 9. The van der Waals surface area contributed by atoms with Crippen LogP contribution in [-0.4, -0.2) is 27.1 Å². The second-order valence-electron chi connectivity index (χ2n) is 8.72. The highest BCUT2D eigenvalue weighted by atomic mass is 32.2. The Kier molecular flexibility index (Phi) is 8.06. The fourth-order valence-corrected chi connectivity index (χ4v) is 5.73. The number of ether oxygens (including phenoxy) is 1. The van der Waals surface area contributed by atoms with E-state index in [1.54, 1.807) is 50.2 Å². The fraction of sp³-hybridized carbons (Fsp3) is 0.207. The summed E-state index contributed by atoms with van der Waals surface area (Å²) in [4.78, 5) is 21.5. The lowest BCUT2D eigenvalue weighted by Crippen LogP contribution is -2.47. The van der Waals surface area contributed by atoms with E-state index in [4.69, 9.17) is 4.74 Å². The number of carboxylic acids is 1. The quantitative estimate of drug-likeness (QED) is 0.252. The highest BCUT2D eigenvalue weighted by molar-refractivity contribution is 7.99. The van der Waals surface area contributed by atoms with Gasteiger partial charge in [-0.3, -0.25) is 0 Å². The van der Waals surface area contributed by atoms with E-state index in [1.165, 1.54) is 23.9 Å². The number of benzene rings is 3. The van der Waals surface area contributed by atoms with E-state index in [-0.39, 0.29) is 6.01 Å². The average molecular weight is 539 g/mol. The molecular weight excluding hydrogens is 513 g/mol. The van der Waals surface area contributed by atoms with Gasteiger partial charge in [-0.15, -0.1) is 11.8 Å². The number of aliphatic carboxylic acids is 1. The third-order valence-electron chi connectivity index (χ3n) is 5.93. The molecule has 4 rings (SSSR count). The van der Waals surface area contributed by atoms with Crippen LogP contribution < -0.4 is 4.74 Å². The van der Waals surface area contributed by atoms with Crippen LogP contribution in [0.1, 0.15) is 33.6 Å². The van der Waals surface area contributed by atoms with Gasteiger partial charge in [-0.2, -0.15) is 13.2 Å². The van der Waals surface area contributed by atoms with Gasteiger partial charge in [0, 0.05) is 17.1 Å². The van der Waals surface area contributed by atoms with Gasteiger partial charge in [-0.05, 0) is 48.7 Å². The molecule has 0 aliphatic carbocycles. The molecule has 0 bridgehead atoms. The van der Waals surface area contributed by atoms with Gasteiger partial charge in [0.15, 0.2) is 0 Å². The molecule has 2 unspecified atom stereocenters. The molecule has 5 nitrogen and oxygen atoms in total. The molecule has 1 heterocycles. The van der Waals surface area contributed by atoms with E-state index in [9.17, 15) is 23.1 Å². The number of hydrogen-bond acceptors (Lipinski definition) is 5. The molecule has 0 saturated carbocycles. The number of aromatic nitrogens is 2. The zero-order valence-electron chi connectivity index (χ0n) is 20.6. The minimum absolute atomic E-state index is 0.123. The third-order valence-corrected chi connectivity index (χ3v) is 7.55. The van der Waals surface area contributed by atoms with Crippen molar-refractivity contribution in [3.05, 3.63) is 125 Å². The number of aryl methyl sites for hydroxylation is 2. The molecule has 1 N–H and O–H groups in total. The molecule has 0 fully saturated rings. The molecule has 2 atom stereocenters. The van der Waals surface area contributed by atoms with Gasteiger partial charge in [0.05, 0.1) is 5.56 Å². The normalized spacial score (nSPS) is 13.9. The van der Waals surface area contributed by atoms with Gasteiger partial charge in [0.25, 0.3) is 0 Å². The largest absolute Gasteiger partial charge is 0.478 e. The van der Waals surface area contributed by atoms with Crippen LogP contribution in [-0.2, 0) is 21.5 Å². The fourth-order valence-electron chi connectivity index (χ4n) is 4.23. The van der Waals surface area contributed by atoms with Crippen LogP contribution in [0.5, 0.6) is 6.01 Å². The number of carbonyl (C=O) groups is 1. The Labute approximate surface area is 222 Å². The van der Waals surface area contributed by atoms with Crippen LogP contribution in [0.3, 0.4) is 0 Å². The molecule has 0 spiro atoms. The smallest absolute Gasteiger partial charge is 0.416 e. The first-order valence-electron chi connectivity index (χ1n) is 11.7. The standard InChI is InChI=1S/C29H25F3N2O3S/c1-19-17-20(2)34-27(33-19)37-25(26(35)36)28(22-11-7-4-8-12-22,38-18-21-9-5-3-6-10-21)23-13-15-24(16-14-23)29(30,31)32/h3-17,25H,18H2,1-2H3,(H,35,36). The first-order valence-corrected chi connectivity index (χ1v) is 12.7. The van der Waals surface area contributed by atoms with Gasteiger partial charge in [-0.25, -0.2) is 14.8 Å². The zero-order chi connectivity index (χ0) is 27.3. The van der Waals surface area contributed by atoms with Crippen LogP contribution in [0.25, 0.3) is 0 Å². The van der Waals surface area contributed by atoms with Gasteiger partial charge >= 0.3 is 18.2 Å². The molecule has 0 aliphatic heterocycles. The van der Waals surface area contributed by atoms with Crippen LogP contribution in [0.15, 0.2) is 91.0 Å². The molecular formula is C29H25F3N2O3S. The highest BCUT2D eigenvalue weighted by Crippen LogP contribution is 2.49. The van der Waals surface area contributed by atoms with E-state index in [0.717, 1.165) is 17.7 Å². The Morgan fingerprint density at radius 3 is 1.87 bits per heavy atom. The summed E-state index contributed by atoms with van der Waals surface area (Å²) in [6.45, 7) is 3.48. The second kappa shape index (κ2) is 11.3. The number of thioether (sulfide) groups is 1. The monoisotopic (exact) mass is 538 g/mol. The van der Waals surface area contributed by atoms with E-state index < -0.39 is 28.6 Å². The van der Waals surface area contributed by atoms with Crippen molar-refractivity contribution in [3.8, 4) is 6.01 Å². The summed E-state index contributed by atoms with van der Waals surface area (Å²) < 4.78 is 44.8. The molecule has 0 amide bonds. The van der Waals surface area contributed by atoms with Crippen molar-refractivity contribution in [1.29, 1.82) is 0 Å². The maximum absolute atomic E-state index is 13.4. The SMILES string of the molecule is Cc1cc(C)nc(OC(C(=O)O)C(SCc2ccccc2)(c2ccccc2)c2ccc(C(F)(F)F)cc2)n1. The Morgan fingerprint density at radius 2 is 1.34 bits per heavy atom. The van der Waals surface area contributed by atoms with Crippen LogP contribution in [0.4, 0.5) is 13.2 Å². The van der Waals surface area contributed by atoms with Crippen molar-refractivity contribution in [1.82, 2.24) is 9.97 Å². The maximum atomic E-state index is 13.4. The Balaban J connectivity index is 1.93. The lowest BCUT2D eigenvalue weighted by Gasteiger charge is -2.39. The van der Waals surface area contributed by atoms with Crippen LogP contribution in [0.2, 0.25) is 0 Å². The molecule has 196 valence electrons. The van der Waals surface area contributed by atoms with Gasteiger partial charge in [0.2, 0.25) is 6.10 Å².